The smallest absolute Gasteiger partial charge is 0.194 e. The van der Waals surface area contributed by atoms with Crippen molar-refractivity contribution < 1.29 is 9.47 Å². The van der Waals surface area contributed by atoms with Crippen LogP contribution in [-0.2, 0) is 4.74 Å². The maximum Gasteiger partial charge on any atom is 0.194 e. The van der Waals surface area contributed by atoms with Gasteiger partial charge in [0.1, 0.15) is 12.0 Å². The molecule has 0 bridgehead atoms. The van der Waals surface area contributed by atoms with Crippen LogP contribution in [0.25, 0.3) is 11.2 Å². The van der Waals surface area contributed by atoms with E-state index in [4.69, 9.17) is 9.47 Å². The molecular formula is C16H15BrIN5O2. The second-order valence-electron chi connectivity index (χ2n) is 5.58. The fourth-order valence-electron chi connectivity index (χ4n) is 2.86. The van der Waals surface area contributed by atoms with Gasteiger partial charge in [-0.3, -0.25) is 4.57 Å². The summed E-state index contributed by atoms with van der Waals surface area (Å²) in [5.41, 5.74) is 2.33. The summed E-state index contributed by atoms with van der Waals surface area (Å²) in [5.74, 6) is 1.40. The summed E-state index contributed by atoms with van der Waals surface area (Å²) in [5, 5.41) is 3.34. The van der Waals surface area contributed by atoms with Crippen molar-refractivity contribution >= 4 is 61.2 Å². The molecule has 0 aliphatic carbocycles. The zero-order chi connectivity index (χ0) is 17.4. The molecule has 1 N–H and O–H groups in total. The maximum absolute atomic E-state index is 5.77. The van der Waals surface area contributed by atoms with E-state index >= 15 is 0 Å². The molecule has 0 radical (unpaired) electrons. The van der Waals surface area contributed by atoms with E-state index in [0.29, 0.717) is 15.2 Å². The van der Waals surface area contributed by atoms with Crippen LogP contribution < -0.4 is 10.1 Å². The Balaban J connectivity index is 1.77. The summed E-state index contributed by atoms with van der Waals surface area (Å²) in [4.78, 5) is 13.6. The molecule has 1 fully saturated rings. The monoisotopic (exact) mass is 515 g/mol. The van der Waals surface area contributed by atoms with Crippen molar-refractivity contribution in [3.8, 4) is 5.75 Å². The number of anilines is 2. The fourth-order valence-corrected chi connectivity index (χ4v) is 3.86. The molecule has 0 amide bonds. The Hall–Kier alpha value is -1.46. The van der Waals surface area contributed by atoms with E-state index < -0.39 is 0 Å². The van der Waals surface area contributed by atoms with Gasteiger partial charge in [0.15, 0.2) is 20.8 Å². The van der Waals surface area contributed by atoms with E-state index in [0.717, 1.165) is 41.0 Å². The van der Waals surface area contributed by atoms with Crippen LogP contribution in [0.3, 0.4) is 0 Å². The fraction of sp³-hybridized carbons (Fsp3) is 0.312. The summed E-state index contributed by atoms with van der Waals surface area (Å²) < 4.78 is 14.6. The average Bonchev–Trinajstić information content (AvgIpc) is 3.25. The number of nitrogens with one attached hydrogen (secondary N) is 1. The van der Waals surface area contributed by atoms with E-state index in [1.807, 2.05) is 22.8 Å². The second kappa shape index (κ2) is 7.04. The normalized spacial score (nSPS) is 17.2. The zero-order valence-corrected chi connectivity index (χ0v) is 17.1. The Morgan fingerprint density at radius 1 is 1.40 bits per heavy atom. The number of imidazole rings is 1. The van der Waals surface area contributed by atoms with Gasteiger partial charge in [0.25, 0.3) is 0 Å². The molecule has 0 saturated carbocycles. The number of methoxy groups -OCH3 is 1. The molecule has 3 aromatic rings. The summed E-state index contributed by atoms with van der Waals surface area (Å²) in [6, 6.07) is 5.76. The topological polar surface area (TPSA) is 74.1 Å². The van der Waals surface area contributed by atoms with Crippen molar-refractivity contribution in [2.45, 2.75) is 19.1 Å². The minimum atomic E-state index is -0.00731. The predicted molar refractivity (Wildman–Crippen MR) is 106 cm³/mol. The number of fused-ring (bicyclic) bond motifs is 1. The predicted octanol–water partition coefficient (Wildman–Crippen LogP) is 4.25. The average molecular weight is 516 g/mol. The Kier molecular flexibility index (Phi) is 4.78. The van der Waals surface area contributed by atoms with Gasteiger partial charge in [-0.15, -0.1) is 0 Å². The molecule has 1 atom stereocenters. The van der Waals surface area contributed by atoms with Crippen LogP contribution in [0.2, 0.25) is 0 Å². The molecule has 25 heavy (non-hydrogen) atoms. The summed E-state index contributed by atoms with van der Waals surface area (Å²) in [6.45, 7) is 0.772. The number of halogens is 2. The van der Waals surface area contributed by atoms with Gasteiger partial charge in [0.2, 0.25) is 0 Å². The Morgan fingerprint density at radius 3 is 3.04 bits per heavy atom. The Morgan fingerprint density at radius 2 is 2.28 bits per heavy atom. The highest BCUT2D eigenvalue weighted by molar-refractivity contribution is 14.1. The molecule has 4 rings (SSSR count). The third-order valence-corrected chi connectivity index (χ3v) is 5.35. The lowest BCUT2D eigenvalue weighted by atomic mass is 10.3. The molecule has 1 aromatic carbocycles. The quantitative estimate of drug-likeness (QED) is 0.413. The van der Waals surface area contributed by atoms with Crippen LogP contribution in [0.15, 0.2) is 29.0 Å². The van der Waals surface area contributed by atoms with Gasteiger partial charge in [-0.25, -0.2) is 15.0 Å². The van der Waals surface area contributed by atoms with Gasteiger partial charge < -0.3 is 14.8 Å². The van der Waals surface area contributed by atoms with Crippen molar-refractivity contribution in [1.29, 1.82) is 0 Å². The summed E-state index contributed by atoms with van der Waals surface area (Å²) >= 11 is 5.68. The van der Waals surface area contributed by atoms with Crippen LogP contribution in [0, 0.1) is 3.83 Å². The Labute approximate surface area is 166 Å². The number of aromatic nitrogens is 4. The van der Waals surface area contributed by atoms with Gasteiger partial charge in [-0.05, 0) is 40.9 Å². The van der Waals surface area contributed by atoms with E-state index in [1.165, 1.54) is 0 Å². The third-order valence-electron chi connectivity index (χ3n) is 4.05. The van der Waals surface area contributed by atoms with Crippen molar-refractivity contribution in [3.63, 3.8) is 0 Å². The summed E-state index contributed by atoms with van der Waals surface area (Å²) in [7, 11) is 1.64. The molecule has 3 heterocycles. The minimum absolute atomic E-state index is 0.00731. The molecule has 130 valence electrons. The van der Waals surface area contributed by atoms with E-state index in [2.05, 4.69) is 58.8 Å². The van der Waals surface area contributed by atoms with Crippen molar-refractivity contribution in [2.75, 3.05) is 19.0 Å². The van der Waals surface area contributed by atoms with Crippen molar-refractivity contribution in [1.82, 2.24) is 19.5 Å². The molecule has 7 nitrogen and oxygen atoms in total. The van der Waals surface area contributed by atoms with Crippen LogP contribution in [-0.4, -0.2) is 33.2 Å². The van der Waals surface area contributed by atoms with Crippen LogP contribution >= 0.6 is 38.5 Å². The largest absolute Gasteiger partial charge is 0.495 e. The summed E-state index contributed by atoms with van der Waals surface area (Å²) in [6.07, 6.45) is 3.79. The Bertz CT molecular complexity index is 926. The van der Waals surface area contributed by atoms with E-state index in [9.17, 15) is 0 Å². The lowest BCUT2D eigenvalue weighted by Crippen LogP contribution is -2.08. The van der Waals surface area contributed by atoms with Crippen LogP contribution in [0.1, 0.15) is 19.1 Å². The molecule has 0 spiro atoms. The maximum atomic E-state index is 5.77. The first-order valence-corrected chi connectivity index (χ1v) is 9.65. The first-order chi connectivity index (χ1) is 12.2. The second-order valence-corrected chi connectivity index (χ2v) is 7.34. The zero-order valence-electron chi connectivity index (χ0n) is 13.4. The molecule has 1 aliphatic rings. The molecular weight excluding hydrogens is 501 g/mol. The molecule has 9 heteroatoms. The highest BCUT2D eigenvalue weighted by atomic mass is 127. The van der Waals surface area contributed by atoms with Gasteiger partial charge in [-0.1, -0.05) is 6.07 Å². The standard InChI is InChI=1S/C16H15BrIN5O2/c1-24-10-5-2-4-9(12(10)17)20-14-13-15(22-16(18)21-14)23(8-19-13)11-6-3-7-25-11/h2,4-5,8,11H,3,6-7H2,1H3,(H,20,21,22). The van der Waals surface area contributed by atoms with Gasteiger partial charge >= 0.3 is 0 Å². The number of benzene rings is 1. The lowest BCUT2D eigenvalue weighted by Gasteiger charge is -2.13. The van der Waals surface area contributed by atoms with Crippen LogP contribution in [0.4, 0.5) is 11.5 Å². The first-order valence-electron chi connectivity index (χ1n) is 7.78. The number of ether oxygens (including phenoxy) is 2. The first kappa shape index (κ1) is 17.0. The van der Waals surface area contributed by atoms with E-state index in [-0.39, 0.29) is 6.23 Å². The molecule has 1 unspecified atom stereocenters. The number of nitrogens with zero attached hydrogens (tertiary/aromatic N) is 4. The minimum Gasteiger partial charge on any atom is -0.495 e. The van der Waals surface area contributed by atoms with Crippen LogP contribution in [0.5, 0.6) is 5.75 Å². The lowest BCUT2D eigenvalue weighted by molar-refractivity contribution is 0.0592. The van der Waals surface area contributed by atoms with Crippen molar-refractivity contribution in [2.24, 2.45) is 0 Å². The molecule has 2 aromatic heterocycles. The molecule has 1 aliphatic heterocycles. The highest BCUT2D eigenvalue weighted by Crippen LogP contribution is 2.35. The van der Waals surface area contributed by atoms with Gasteiger partial charge in [0, 0.05) is 29.2 Å². The third kappa shape index (κ3) is 3.20. The molecule has 1 saturated heterocycles. The van der Waals surface area contributed by atoms with Gasteiger partial charge in [0.05, 0.1) is 23.6 Å². The number of hydrogen-bond acceptors (Lipinski definition) is 6. The highest BCUT2D eigenvalue weighted by Gasteiger charge is 2.22. The SMILES string of the molecule is COc1cccc(Nc2nc(I)nc3c2ncn3C2CCCO2)c1Br. The van der Waals surface area contributed by atoms with Gasteiger partial charge in [-0.2, -0.15) is 0 Å². The number of rotatable bonds is 4. The van der Waals surface area contributed by atoms with E-state index in [1.54, 1.807) is 13.4 Å². The van der Waals surface area contributed by atoms with Crippen molar-refractivity contribution in [3.05, 3.63) is 32.8 Å². The number of hydrogen-bond donors (Lipinski definition) is 1.